The Morgan fingerprint density at radius 3 is 2.62 bits per heavy atom. The van der Waals surface area contributed by atoms with Gasteiger partial charge in [-0.15, -0.1) is 0 Å². The second-order valence-electron chi connectivity index (χ2n) is 4.69. The van der Waals surface area contributed by atoms with E-state index in [-0.39, 0.29) is 24.6 Å². The van der Waals surface area contributed by atoms with Crippen LogP contribution in [0.4, 0.5) is 5.69 Å². The Bertz CT molecular complexity index is 624. The van der Waals surface area contributed by atoms with Crippen molar-refractivity contribution in [3.8, 4) is 11.5 Å². The van der Waals surface area contributed by atoms with E-state index in [1.165, 1.54) is 6.07 Å². The van der Waals surface area contributed by atoms with Crippen LogP contribution in [0.5, 0.6) is 11.5 Å². The molecule has 0 heterocycles. The fraction of sp³-hybridized carbons (Fsp3) is 0.188. The van der Waals surface area contributed by atoms with Crippen molar-refractivity contribution in [3.05, 3.63) is 53.6 Å². The van der Waals surface area contributed by atoms with Gasteiger partial charge in [0.15, 0.2) is 0 Å². The Hall–Kier alpha value is -2.69. The van der Waals surface area contributed by atoms with Crippen LogP contribution in [0, 0.1) is 0 Å². The number of hydrogen-bond donors (Lipinski definition) is 3. The predicted octanol–water partition coefficient (Wildman–Crippen LogP) is 1.84. The molecular formula is C16H18N2O3. The number of amides is 1. The highest BCUT2D eigenvalue weighted by atomic mass is 16.5. The third-order valence-electron chi connectivity index (χ3n) is 3.10. The first-order chi connectivity index (χ1) is 10.1. The van der Waals surface area contributed by atoms with Crippen molar-refractivity contribution in [2.24, 2.45) is 0 Å². The number of nitrogens with two attached hydrogens (primary N) is 1. The van der Waals surface area contributed by atoms with Crippen molar-refractivity contribution in [3.63, 3.8) is 0 Å². The van der Waals surface area contributed by atoms with Crippen molar-refractivity contribution in [1.29, 1.82) is 0 Å². The molecule has 110 valence electrons. The molecule has 0 fully saturated rings. The zero-order valence-electron chi connectivity index (χ0n) is 11.8. The van der Waals surface area contributed by atoms with Crippen LogP contribution in [-0.2, 0) is 17.8 Å². The molecule has 1 amide bonds. The van der Waals surface area contributed by atoms with E-state index >= 15 is 0 Å². The van der Waals surface area contributed by atoms with E-state index in [0.29, 0.717) is 11.3 Å². The molecule has 5 nitrogen and oxygen atoms in total. The average Bonchev–Trinajstić information content (AvgIpc) is 2.49. The molecule has 0 atom stereocenters. The molecule has 2 aromatic rings. The number of phenolic OH excluding ortho intramolecular Hbond substituents is 1. The van der Waals surface area contributed by atoms with E-state index in [2.05, 4.69) is 5.32 Å². The minimum atomic E-state index is -0.123. The molecule has 0 aliphatic heterocycles. The Labute approximate surface area is 123 Å². The number of aromatic hydroxyl groups is 1. The summed E-state index contributed by atoms with van der Waals surface area (Å²) >= 11 is 0. The summed E-state index contributed by atoms with van der Waals surface area (Å²) in [6.45, 7) is 0.242. The topological polar surface area (TPSA) is 84.6 Å². The van der Waals surface area contributed by atoms with Gasteiger partial charge < -0.3 is 20.9 Å². The number of carbonyl (C=O) groups is 1. The standard InChI is InChI=1S/C16H18N2O3/c1-21-14-5-2-11(3-6-14)8-16(20)18-10-12-9-13(17)4-7-15(12)19/h2-7,9,19H,8,10,17H2,1H3,(H,18,20). The Kier molecular flexibility index (Phi) is 4.66. The molecule has 0 saturated heterocycles. The molecule has 5 heteroatoms. The van der Waals surface area contributed by atoms with Gasteiger partial charge in [0.2, 0.25) is 5.91 Å². The Balaban J connectivity index is 1.91. The monoisotopic (exact) mass is 286 g/mol. The molecule has 0 saturated carbocycles. The smallest absolute Gasteiger partial charge is 0.224 e. The van der Waals surface area contributed by atoms with Gasteiger partial charge in [-0.25, -0.2) is 0 Å². The third kappa shape index (κ3) is 4.14. The van der Waals surface area contributed by atoms with Gasteiger partial charge in [0, 0.05) is 17.8 Å². The molecule has 21 heavy (non-hydrogen) atoms. The minimum absolute atomic E-state index is 0.119. The van der Waals surface area contributed by atoms with Gasteiger partial charge in [0.05, 0.1) is 13.5 Å². The van der Waals surface area contributed by atoms with Crippen LogP contribution in [0.25, 0.3) is 0 Å². The molecule has 2 rings (SSSR count). The number of ether oxygens (including phenoxy) is 1. The lowest BCUT2D eigenvalue weighted by molar-refractivity contribution is -0.120. The first-order valence-corrected chi connectivity index (χ1v) is 6.55. The van der Waals surface area contributed by atoms with E-state index < -0.39 is 0 Å². The lowest BCUT2D eigenvalue weighted by Crippen LogP contribution is -2.24. The number of methoxy groups -OCH3 is 1. The van der Waals surface area contributed by atoms with Gasteiger partial charge in [0.1, 0.15) is 11.5 Å². The normalized spacial score (nSPS) is 10.1. The van der Waals surface area contributed by atoms with E-state index in [1.807, 2.05) is 24.3 Å². The number of hydrogen-bond acceptors (Lipinski definition) is 4. The maximum Gasteiger partial charge on any atom is 0.224 e. The van der Waals surface area contributed by atoms with Crippen molar-refractivity contribution < 1.29 is 14.6 Å². The molecule has 0 aliphatic carbocycles. The highest BCUT2D eigenvalue weighted by molar-refractivity contribution is 5.78. The first-order valence-electron chi connectivity index (χ1n) is 6.55. The highest BCUT2D eigenvalue weighted by Crippen LogP contribution is 2.19. The third-order valence-corrected chi connectivity index (χ3v) is 3.10. The Morgan fingerprint density at radius 1 is 1.24 bits per heavy atom. The molecular weight excluding hydrogens is 268 g/mol. The number of rotatable bonds is 5. The zero-order valence-corrected chi connectivity index (χ0v) is 11.8. The summed E-state index contributed by atoms with van der Waals surface area (Å²) in [4.78, 5) is 11.9. The van der Waals surface area contributed by atoms with Crippen LogP contribution < -0.4 is 15.8 Å². The van der Waals surface area contributed by atoms with Gasteiger partial charge >= 0.3 is 0 Å². The van der Waals surface area contributed by atoms with Crippen LogP contribution in [0.2, 0.25) is 0 Å². The SMILES string of the molecule is COc1ccc(CC(=O)NCc2cc(N)ccc2O)cc1. The van der Waals surface area contributed by atoms with Crippen LogP contribution in [0.15, 0.2) is 42.5 Å². The maximum absolute atomic E-state index is 11.9. The lowest BCUT2D eigenvalue weighted by atomic mass is 10.1. The predicted molar refractivity (Wildman–Crippen MR) is 81.1 cm³/mol. The Morgan fingerprint density at radius 2 is 1.95 bits per heavy atom. The quantitative estimate of drug-likeness (QED) is 0.578. The molecule has 0 bridgehead atoms. The second kappa shape index (κ2) is 6.65. The zero-order chi connectivity index (χ0) is 15.2. The van der Waals surface area contributed by atoms with E-state index in [1.54, 1.807) is 19.2 Å². The molecule has 4 N–H and O–H groups in total. The van der Waals surface area contributed by atoms with Crippen LogP contribution in [0.1, 0.15) is 11.1 Å². The fourth-order valence-corrected chi connectivity index (χ4v) is 1.93. The summed E-state index contributed by atoms with van der Waals surface area (Å²) in [5, 5.41) is 12.4. The van der Waals surface area contributed by atoms with E-state index in [4.69, 9.17) is 10.5 Å². The van der Waals surface area contributed by atoms with Crippen LogP contribution in [0.3, 0.4) is 0 Å². The molecule has 0 radical (unpaired) electrons. The average molecular weight is 286 g/mol. The number of nitrogen functional groups attached to an aromatic ring is 1. The van der Waals surface area contributed by atoms with Crippen molar-refractivity contribution in [1.82, 2.24) is 5.32 Å². The van der Waals surface area contributed by atoms with Gasteiger partial charge in [-0.1, -0.05) is 12.1 Å². The number of anilines is 1. The summed E-state index contributed by atoms with van der Waals surface area (Å²) in [7, 11) is 1.60. The van der Waals surface area contributed by atoms with Gasteiger partial charge in [0.25, 0.3) is 0 Å². The summed E-state index contributed by atoms with van der Waals surface area (Å²) < 4.78 is 5.06. The minimum Gasteiger partial charge on any atom is -0.508 e. The lowest BCUT2D eigenvalue weighted by Gasteiger charge is -2.08. The molecule has 0 aliphatic rings. The highest BCUT2D eigenvalue weighted by Gasteiger charge is 2.06. The van der Waals surface area contributed by atoms with Gasteiger partial charge in [-0.05, 0) is 35.9 Å². The molecule has 0 aromatic heterocycles. The fourth-order valence-electron chi connectivity index (χ4n) is 1.93. The van der Waals surface area contributed by atoms with Crippen molar-refractivity contribution >= 4 is 11.6 Å². The van der Waals surface area contributed by atoms with Crippen molar-refractivity contribution in [2.75, 3.05) is 12.8 Å². The van der Waals surface area contributed by atoms with E-state index in [0.717, 1.165) is 11.3 Å². The second-order valence-corrected chi connectivity index (χ2v) is 4.69. The summed E-state index contributed by atoms with van der Waals surface area (Å²) in [6, 6.07) is 12.1. The molecule has 2 aromatic carbocycles. The number of nitrogens with one attached hydrogen (secondary N) is 1. The first kappa shape index (κ1) is 14.7. The van der Waals surface area contributed by atoms with Gasteiger partial charge in [-0.3, -0.25) is 4.79 Å². The maximum atomic E-state index is 11.9. The van der Waals surface area contributed by atoms with Crippen LogP contribution >= 0.6 is 0 Å². The summed E-state index contributed by atoms with van der Waals surface area (Å²) in [5.74, 6) is 0.750. The van der Waals surface area contributed by atoms with Gasteiger partial charge in [-0.2, -0.15) is 0 Å². The molecule has 0 unspecified atom stereocenters. The number of phenols is 1. The van der Waals surface area contributed by atoms with Crippen LogP contribution in [-0.4, -0.2) is 18.1 Å². The van der Waals surface area contributed by atoms with E-state index in [9.17, 15) is 9.90 Å². The molecule has 0 spiro atoms. The number of carbonyl (C=O) groups excluding carboxylic acids is 1. The summed E-state index contributed by atoms with van der Waals surface area (Å²) in [6.07, 6.45) is 0.271. The van der Waals surface area contributed by atoms with Crippen molar-refractivity contribution in [2.45, 2.75) is 13.0 Å². The number of benzene rings is 2. The summed E-state index contributed by atoms with van der Waals surface area (Å²) in [5.41, 5.74) is 7.69. The largest absolute Gasteiger partial charge is 0.508 e.